The lowest BCUT2D eigenvalue weighted by molar-refractivity contribution is -0.502. The molecule has 0 fully saturated rings. The highest BCUT2D eigenvalue weighted by Crippen LogP contribution is 2.09. The molecule has 0 aliphatic rings. The van der Waals surface area contributed by atoms with E-state index in [1.807, 2.05) is 0 Å². The number of nitrogens with zero attached hydrogens (tertiary/aromatic N) is 1. The Kier molecular flexibility index (Phi) is 2.05. The summed E-state index contributed by atoms with van der Waals surface area (Å²) >= 11 is 3.55. The summed E-state index contributed by atoms with van der Waals surface area (Å²) in [5.74, 6) is 0. The number of rotatable bonds is 0. The summed E-state index contributed by atoms with van der Waals surface area (Å²) in [4.78, 5) is 0. The Hall–Kier alpha value is -0.120. The molecule has 0 amide bonds. The minimum Gasteiger partial charge on any atom is -1.00 e. The molecule has 0 aromatic carbocycles. The predicted octanol–water partition coefficient (Wildman–Crippen LogP) is -1.45. The Morgan fingerprint density at radius 1 is 1.11 bits per heavy atom. The van der Waals surface area contributed by atoms with Crippen molar-refractivity contribution < 1.29 is 16.8 Å². The fourth-order valence-electron chi connectivity index (χ4n) is 0.629. The van der Waals surface area contributed by atoms with Crippen molar-refractivity contribution >= 4 is 26.8 Å². The van der Waals surface area contributed by atoms with Crippen molar-refractivity contribution in [1.82, 2.24) is 0 Å². The molecule has 4 heteroatoms. The third kappa shape index (κ3) is 1.08. The van der Waals surface area contributed by atoms with Crippen LogP contribution in [0.3, 0.4) is 0 Å². The first-order valence-electron chi connectivity index (χ1n) is 2.29. The molecule has 0 bridgehead atoms. The van der Waals surface area contributed by atoms with Crippen molar-refractivity contribution in [3.8, 4) is 0 Å². The lowest BCUT2D eigenvalue weighted by atomic mass is 10.9. The standard InChI is InChI=1S/C5H4NS2.ClH/c1-3-7-5-6(1)2-4-8-5;/h1-4H;1H/q+1;/p-1. The third-order valence-electron chi connectivity index (χ3n) is 0.991. The van der Waals surface area contributed by atoms with E-state index in [9.17, 15) is 0 Å². The fraction of sp³-hybridized carbons (Fsp3) is 0. The lowest BCUT2D eigenvalue weighted by Gasteiger charge is -1.57. The quantitative estimate of drug-likeness (QED) is 0.434. The summed E-state index contributed by atoms with van der Waals surface area (Å²) in [5.41, 5.74) is 0. The zero-order valence-electron chi connectivity index (χ0n) is 4.45. The van der Waals surface area contributed by atoms with E-state index in [4.69, 9.17) is 0 Å². The van der Waals surface area contributed by atoms with Crippen LogP contribution in [0.15, 0.2) is 23.2 Å². The fourth-order valence-corrected chi connectivity index (χ4v) is 2.29. The maximum Gasteiger partial charge on any atom is 0.324 e. The molecule has 0 aliphatic heterocycles. The van der Waals surface area contributed by atoms with Gasteiger partial charge in [0.25, 0.3) is 0 Å². The maximum absolute atomic E-state index is 2.12. The smallest absolute Gasteiger partial charge is 0.324 e. The Bertz CT molecular complexity index is 236. The summed E-state index contributed by atoms with van der Waals surface area (Å²) in [6.45, 7) is 0. The molecule has 9 heavy (non-hydrogen) atoms. The van der Waals surface area contributed by atoms with Gasteiger partial charge < -0.3 is 12.4 Å². The SMILES string of the molecule is [Cl-].c1c[n+]2ccsc2s1. The highest BCUT2D eigenvalue weighted by Gasteiger charge is 2.00. The largest absolute Gasteiger partial charge is 1.00 e. The van der Waals surface area contributed by atoms with E-state index in [2.05, 4.69) is 27.6 Å². The van der Waals surface area contributed by atoms with Crippen LogP contribution in [0.25, 0.3) is 4.14 Å². The summed E-state index contributed by atoms with van der Waals surface area (Å²) < 4.78 is 3.47. The number of hydrogen-bond donors (Lipinski definition) is 0. The molecular formula is C5H4ClNS2. The van der Waals surface area contributed by atoms with Gasteiger partial charge in [-0.2, -0.15) is 0 Å². The predicted molar refractivity (Wildman–Crippen MR) is 35.4 cm³/mol. The molecule has 0 saturated heterocycles. The van der Waals surface area contributed by atoms with E-state index < -0.39 is 0 Å². The summed E-state index contributed by atoms with van der Waals surface area (Å²) in [7, 11) is 0. The molecule has 48 valence electrons. The van der Waals surface area contributed by atoms with Gasteiger partial charge in [0.1, 0.15) is 0 Å². The van der Waals surface area contributed by atoms with E-state index >= 15 is 0 Å². The van der Waals surface area contributed by atoms with Crippen LogP contribution in [0.1, 0.15) is 0 Å². The Labute approximate surface area is 67.0 Å². The van der Waals surface area contributed by atoms with E-state index in [0.29, 0.717) is 0 Å². The Morgan fingerprint density at radius 2 is 1.67 bits per heavy atom. The van der Waals surface area contributed by atoms with Crippen molar-refractivity contribution in [3.63, 3.8) is 0 Å². The molecule has 0 unspecified atom stereocenters. The molecule has 1 nitrogen and oxygen atoms in total. The molecule has 2 aromatic rings. The number of fused-ring (bicyclic) bond motifs is 1. The molecule has 2 rings (SSSR count). The van der Waals surface area contributed by atoms with Gasteiger partial charge in [-0.3, -0.25) is 0 Å². The molecular weight excluding hydrogens is 174 g/mol. The van der Waals surface area contributed by atoms with Gasteiger partial charge in [0.2, 0.25) is 0 Å². The van der Waals surface area contributed by atoms with Gasteiger partial charge in [0.15, 0.2) is 12.4 Å². The number of halogens is 1. The van der Waals surface area contributed by atoms with Gasteiger partial charge in [-0.05, 0) is 0 Å². The van der Waals surface area contributed by atoms with Gasteiger partial charge in [-0.1, -0.05) is 22.7 Å². The normalized spacial score (nSPS) is 9.33. The lowest BCUT2D eigenvalue weighted by Crippen LogP contribution is -3.00. The van der Waals surface area contributed by atoms with Crippen molar-refractivity contribution in [2.24, 2.45) is 0 Å². The average Bonchev–Trinajstić information content (AvgIpc) is 2.15. The first-order chi connectivity index (χ1) is 3.97. The van der Waals surface area contributed by atoms with Crippen LogP contribution in [0.5, 0.6) is 0 Å². The van der Waals surface area contributed by atoms with Crippen LogP contribution in [0, 0.1) is 0 Å². The maximum atomic E-state index is 2.12. The molecule has 2 aromatic heterocycles. The van der Waals surface area contributed by atoms with Crippen molar-refractivity contribution in [1.29, 1.82) is 0 Å². The second-order valence-electron chi connectivity index (χ2n) is 1.48. The molecule has 2 heterocycles. The van der Waals surface area contributed by atoms with Gasteiger partial charge in [-0.25, -0.2) is 0 Å². The highest BCUT2D eigenvalue weighted by molar-refractivity contribution is 7.33. The number of hydrogen-bond acceptors (Lipinski definition) is 2. The van der Waals surface area contributed by atoms with Crippen LogP contribution in [0.2, 0.25) is 0 Å². The molecule has 0 radical (unpaired) electrons. The zero-order valence-corrected chi connectivity index (χ0v) is 6.84. The van der Waals surface area contributed by atoms with Crippen LogP contribution >= 0.6 is 22.7 Å². The first kappa shape index (κ1) is 6.99. The highest BCUT2D eigenvalue weighted by atomic mass is 35.5. The van der Waals surface area contributed by atoms with E-state index in [1.54, 1.807) is 22.7 Å². The van der Waals surface area contributed by atoms with Gasteiger partial charge in [0, 0.05) is 0 Å². The van der Waals surface area contributed by atoms with Crippen molar-refractivity contribution in [2.45, 2.75) is 0 Å². The second-order valence-corrected chi connectivity index (χ2v) is 3.53. The van der Waals surface area contributed by atoms with Crippen LogP contribution in [0.4, 0.5) is 0 Å². The molecule has 0 spiro atoms. The molecule has 0 atom stereocenters. The second kappa shape index (κ2) is 2.64. The zero-order chi connectivity index (χ0) is 5.40. The third-order valence-corrected chi connectivity index (χ3v) is 2.91. The van der Waals surface area contributed by atoms with E-state index in [-0.39, 0.29) is 12.4 Å². The molecule has 0 saturated carbocycles. The van der Waals surface area contributed by atoms with Gasteiger partial charge in [-0.15, -0.1) is 4.40 Å². The first-order valence-corrected chi connectivity index (χ1v) is 4.05. The Morgan fingerprint density at radius 3 is 2.11 bits per heavy atom. The van der Waals surface area contributed by atoms with Crippen LogP contribution in [-0.2, 0) is 0 Å². The summed E-state index contributed by atoms with van der Waals surface area (Å²) in [5, 5.41) is 4.18. The average molecular weight is 178 g/mol. The summed E-state index contributed by atoms with van der Waals surface area (Å²) in [6, 6.07) is 0. The Balaban J connectivity index is 0.000000405. The van der Waals surface area contributed by atoms with Crippen LogP contribution in [-0.4, -0.2) is 0 Å². The minimum atomic E-state index is 0. The molecule has 0 N–H and O–H groups in total. The van der Waals surface area contributed by atoms with Gasteiger partial charge in [0.05, 0.1) is 10.8 Å². The van der Waals surface area contributed by atoms with Crippen LogP contribution < -0.4 is 16.8 Å². The minimum absolute atomic E-state index is 0. The van der Waals surface area contributed by atoms with E-state index in [1.165, 1.54) is 4.14 Å². The topological polar surface area (TPSA) is 4.10 Å². The van der Waals surface area contributed by atoms with E-state index in [0.717, 1.165) is 0 Å². The van der Waals surface area contributed by atoms with Crippen molar-refractivity contribution in [3.05, 3.63) is 23.2 Å². The van der Waals surface area contributed by atoms with Crippen molar-refractivity contribution in [2.75, 3.05) is 0 Å². The summed E-state index contributed by atoms with van der Waals surface area (Å²) in [6.07, 6.45) is 4.13. The number of aromatic nitrogens is 1. The number of thiazole rings is 2. The monoisotopic (exact) mass is 177 g/mol. The van der Waals surface area contributed by atoms with Gasteiger partial charge >= 0.3 is 4.14 Å². The molecule has 0 aliphatic carbocycles.